The third-order valence-corrected chi connectivity index (χ3v) is 2.51. The van der Waals surface area contributed by atoms with Crippen molar-refractivity contribution in [2.75, 3.05) is 0 Å². The molecule has 4 heteroatoms. The number of carbonyl (C=O) groups is 1. The van der Waals surface area contributed by atoms with Crippen LogP contribution in [0.3, 0.4) is 0 Å². The number of hydrogen-bond acceptors (Lipinski definition) is 4. The largest absolute Gasteiger partial charge is 0.488 e. The third-order valence-electron chi connectivity index (χ3n) is 2.51. The highest BCUT2D eigenvalue weighted by atomic mass is 16.6. The number of carbonyl (C=O) groups excluding carboxylic acids is 1. The Bertz CT molecular complexity index is 466. The molecule has 2 N–H and O–H groups in total. The predicted molar refractivity (Wildman–Crippen MR) is 84.3 cm³/mol. The van der Waals surface area contributed by atoms with Gasteiger partial charge in [0.25, 0.3) is 0 Å². The fourth-order valence-corrected chi connectivity index (χ4v) is 1.76. The Morgan fingerprint density at radius 3 is 2.00 bits per heavy atom. The zero-order valence-electron chi connectivity index (χ0n) is 13.9. The summed E-state index contributed by atoms with van der Waals surface area (Å²) in [6.07, 6.45) is 0.449. The zero-order valence-corrected chi connectivity index (χ0v) is 13.9. The van der Waals surface area contributed by atoms with Gasteiger partial charge in [0.2, 0.25) is 0 Å². The van der Waals surface area contributed by atoms with E-state index in [2.05, 4.69) is 0 Å². The van der Waals surface area contributed by atoms with Crippen molar-refractivity contribution in [2.24, 2.45) is 5.73 Å². The van der Waals surface area contributed by atoms with Crippen molar-refractivity contribution in [1.82, 2.24) is 0 Å². The summed E-state index contributed by atoms with van der Waals surface area (Å²) in [6, 6.07) is 6.97. The summed E-state index contributed by atoms with van der Waals surface area (Å²) < 4.78 is 11.0. The molecule has 21 heavy (non-hydrogen) atoms. The van der Waals surface area contributed by atoms with Crippen molar-refractivity contribution < 1.29 is 14.3 Å². The molecule has 0 fully saturated rings. The van der Waals surface area contributed by atoms with E-state index in [4.69, 9.17) is 15.2 Å². The maximum Gasteiger partial charge on any atom is 0.323 e. The lowest BCUT2D eigenvalue weighted by atomic mass is 10.2. The lowest BCUT2D eigenvalue weighted by Crippen LogP contribution is -2.38. The summed E-state index contributed by atoms with van der Waals surface area (Å²) in [7, 11) is 0. The van der Waals surface area contributed by atoms with Crippen LogP contribution in [0.1, 0.15) is 47.1 Å². The first-order chi connectivity index (χ1) is 9.46. The van der Waals surface area contributed by atoms with Crippen LogP contribution in [0.2, 0.25) is 0 Å². The molecule has 0 saturated heterocycles. The number of esters is 1. The van der Waals surface area contributed by atoms with Crippen molar-refractivity contribution >= 4 is 5.97 Å². The minimum absolute atomic E-state index is 0.228. The highest BCUT2D eigenvalue weighted by Crippen LogP contribution is 2.19. The van der Waals surface area contributed by atoms with Crippen molar-refractivity contribution in [3.8, 4) is 5.75 Å². The van der Waals surface area contributed by atoms with Crippen LogP contribution in [0.5, 0.6) is 5.75 Å². The monoisotopic (exact) mass is 301 g/mol. The normalized spacial score (nSPS) is 13.7. The van der Waals surface area contributed by atoms with Gasteiger partial charge in [-0.1, -0.05) is 12.1 Å². The topological polar surface area (TPSA) is 61.5 Å². The maximum atomic E-state index is 11.8. The van der Waals surface area contributed by atoms with E-state index in [1.807, 2.05) is 65.8 Å². The first kappa shape index (κ1) is 17.5. The number of benzene rings is 1. The summed E-state index contributed by atoms with van der Waals surface area (Å²) in [6.45, 7) is 11.5. The molecular weight excluding hydrogens is 274 g/mol. The van der Waals surface area contributed by atoms with Crippen LogP contribution >= 0.6 is 0 Å². The van der Waals surface area contributed by atoms with Crippen LogP contribution in [0, 0.1) is 0 Å². The molecule has 0 spiro atoms. The lowest BCUT2D eigenvalue weighted by Gasteiger charge is -2.22. The Balaban J connectivity index is 2.61. The number of hydrogen-bond donors (Lipinski definition) is 1. The molecule has 0 aliphatic carbocycles. The van der Waals surface area contributed by atoms with Gasteiger partial charge in [-0.15, -0.1) is 0 Å². The lowest BCUT2D eigenvalue weighted by molar-refractivity contribution is -0.156. The molecule has 1 rings (SSSR count). The second-order valence-electron chi connectivity index (χ2n) is 7.20. The summed E-state index contributed by atoms with van der Waals surface area (Å²) in [5.41, 5.74) is 6.13. The van der Waals surface area contributed by atoms with Crippen LogP contribution < -0.4 is 10.5 Å². The fraction of sp³-hybridized carbons (Fsp3) is 0.588. The van der Waals surface area contributed by atoms with Gasteiger partial charge in [-0.25, -0.2) is 0 Å². The van der Waals surface area contributed by atoms with Gasteiger partial charge < -0.3 is 15.2 Å². The van der Waals surface area contributed by atoms with Gasteiger partial charge in [0.15, 0.2) is 0 Å². The summed E-state index contributed by atoms with van der Waals surface area (Å²) >= 11 is 0. The van der Waals surface area contributed by atoms with Gasteiger partial charge in [0.05, 0.1) is 0 Å². The molecule has 0 heterocycles. The molecule has 0 bridgehead atoms. The van der Waals surface area contributed by atoms with Crippen LogP contribution in [0.4, 0.5) is 0 Å². The van der Waals surface area contributed by atoms with Crippen LogP contribution in [0.15, 0.2) is 24.3 Å². The average molecular weight is 301 g/mol. The van der Waals surface area contributed by atoms with Gasteiger partial charge >= 0.3 is 5.97 Å². The summed E-state index contributed by atoms with van der Waals surface area (Å²) in [5.74, 6) is 0.426. The van der Waals surface area contributed by atoms with E-state index >= 15 is 0 Å². The second-order valence-corrected chi connectivity index (χ2v) is 7.20. The van der Waals surface area contributed by atoms with E-state index in [-0.39, 0.29) is 11.6 Å². The molecule has 0 radical (unpaired) electrons. The Morgan fingerprint density at radius 2 is 1.57 bits per heavy atom. The average Bonchev–Trinajstić information content (AvgIpc) is 2.27. The first-order valence-electron chi connectivity index (χ1n) is 7.23. The van der Waals surface area contributed by atoms with E-state index in [1.165, 1.54) is 0 Å². The molecule has 0 amide bonds. The van der Waals surface area contributed by atoms with Crippen LogP contribution in [-0.4, -0.2) is 23.2 Å². The first-order valence-corrected chi connectivity index (χ1v) is 7.23. The Hall–Kier alpha value is -1.55. The molecular formula is C17H27NO3. The third kappa shape index (κ3) is 7.14. The van der Waals surface area contributed by atoms with Crippen LogP contribution in [-0.2, 0) is 16.0 Å². The van der Waals surface area contributed by atoms with E-state index < -0.39 is 11.6 Å². The van der Waals surface area contributed by atoms with Gasteiger partial charge in [0, 0.05) is 0 Å². The minimum atomic E-state index is -0.654. The van der Waals surface area contributed by atoms with Gasteiger partial charge in [-0.3, -0.25) is 4.79 Å². The van der Waals surface area contributed by atoms with Crippen molar-refractivity contribution in [3.05, 3.63) is 29.8 Å². The molecule has 1 atom stereocenters. The molecule has 0 unspecified atom stereocenters. The van der Waals surface area contributed by atoms with E-state index in [0.29, 0.717) is 6.42 Å². The molecule has 0 saturated carbocycles. The standard InChI is InChI=1S/C17H27NO3/c1-16(2,3)20-13-9-7-12(8-10-13)11-14(18)15(19)21-17(4,5)6/h7-10,14H,11,18H2,1-6H3/t14-/m0/s1/i7+1,8+1,9+1,11+1,12+1,13+1,14+1,15+1. The maximum absolute atomic E-state index is 11.8. The molecule has 1 aromatic rings. The predicted octanol–water partition coefficient (Wildman–Crippen LogP) is 3.08. The van der Waals surface area contributed by atoms with Gasteiger partial charge in [-0.2, -0.15) is 0 Å². The number of ether oxygens (including phenoxy) is 2. The van der Waals surface area contributed by atoms with Crippen molar-refractivity contribution in [3.63, 3.8) is 0 Å². The Morgan fingerprint density at radius 1 is 1.05 bits per heavy atom. The van der Waals surface area contributed by atoms with Gasteiger partial charge in [-0.05, 0) is 65.7 Å². The SMILES string of the molecule is CC(C)(C)O[13C](=O)[13C@@H](N)[13CH2][13c]1[13cH]c[13c](OC(C)(C)C)[13cH][13cH]1. The molecule has 4 nitrogen and oxygen atoms in total. The quantitative estimate of drug-likeness (QED) is 0.686. The number of rotatable bonds is 4. The number of nitrogens with two attached hydrogens (primary N) is 1. The molecule has 118 valence electrons. The summed E-state index contributed by atoms with van der Waals surface area (Å²) in [4.78, 5) is 11.8. The molecule has 0 aliphatic rings. The Kier molecular flexibility index (Phi) is 5.40. The highest BCUT2D eigenvalue weighted by molar-refractivity contribution is 5.76. The second kappa shape index (κ2) is 6.48. The zero-order chi connectivity index (χ0) is 16.3. The van der Waals surface area contributed by atoms with E-state index in [1.54, 1.807) is 0 Å². The van der Waals surface area contributed by atoms with E-state index in [9.17, 15) is 4.79 Å². The minimum Gasteiger partial charge on any atom is -0.488 e. The smallest absolute Gasteiger partial charge is 0.323 e. The van der Waals surface area contributed by atoms with Crippen LogP contribution in [0.25, 0.3) is 0 Å². The molecule has 1 aromatic carbocycles. The van der Waals surface area contributed by atoms with Crippen molar-refractivity contribution in [1.29, 1.82) is 0 Å². The van der Waals surface area contributed by atoms with Crippen molar-refractivity contribution in [2.45, 2.75) is 65.2 Å². The van der Waals surface area contributed by atoms with Gasteiger partial charge in [0.1, 0.15) is 23.0 Å². The summed E-state index contributed by atoms with van der Waals surface area (Å²) in [5, 5.41) is 0. The fourth-order valence-electron chi connectivity index (χ4n) is 1.76. The molecule has 0 aromatic heterocycles. The van der Waals surface area contributed by atoms with E-state index in [0.717, 1.165) is 11.3 Å². The molecule has 0 aliphatic heterocycles. The highest BCUT2D eigenvalue weighted by Gasteiger charge is 2.22. The Labute approximate surface area is 127 Å².